The lowest BCUT2D eigenvalue weighted by Gasteiger charge is -2.40. The van der Waals surface area contributed by atoms with E-state index >= 15 is 0 Å². The van der Waals surface area contributed by atoms with Crippen molar-refractivity contribution in [2.24, 2.45) is 0 Å². The number of unbranched alkanes of at least 4 members (excludes halogenated alkanes) is 2. The molecule has 4 rings (SSSR count). The van der Waals surface area contributed by atoms with Crippen LogP contribution >= 0.6 is 0 Å². The predicted octanol–water partition coefficient (Wildman–Crippen LogP) is 3.11. The van der Waals surface area contributed by atoms with Crippen LogP contribution in [0.2, 0.25) is 0 Å². The Bertz CT molecular complexity index is 940. The molecule has 1 unspecified atom stereocenters. The van der Waals surface area contributed by atoms with Gasteiger partial charge in [0, 0.05) is 17.7 Å². The molecule has 0 spiro atoms. The number of nitrogens with one attached hydrogen (secondary N) is 1. The molecular weight excluding hydrogens is 354 g/mol. The third kappa shape index (κ3) is 2.95. The molecule has 1 atom stereocenters. The summed E-state index contributed by atoms with van der Waals surface area (Å²) in [5, 5.41) is 2.89. The molecule has 2 aliphatic heterocycles. The van der Waals surface area contributed by atoms with Crippen molar-refractivity contribution in [1.82, 2.24) is 10.2 Å². The lowest BCUT2D eigenvalue weighted by Crippen LogP contribution is -2.51. The number of para-hydroxylation sites is 1. The Hall–Kier alpha value is -3.15. The van der Waals surface area contributed by atoms with Crippen molar-refractivity contribution in [3.63, 3.8) is 0 Å². The standard InChI is InChI=1S/C22H23N3O3/c1-2-3-8-13-23-19(26)14-24-20-15-9-4-5-10-16(15)22(28)25(20)18-12-7-6-11-17(18)21(24)27/h4-7,9-12,20H,2-3,8,13-14H2,1H3,(H,23,26). The van der Waals surface area contributed by atoms with Crippen LogP contribution in [-0.4, -0.2) is 35.7 Å². The van der Waals surface area contributed by atoms with Gasteiger partial charge < -0.3 is 10.2 Å². The molecule has 0 saturated heterocycles. The fourth-order valence-electron chi connectivity index (χ4n) is 3.95. The zero-order valence-corrected chi connectivity index (χ0v) is 15.9. The summed E-state index contributed by atoms with van der Waals surface area (Å²) in [5.74, 6) is -0.584. The van der Waals surface area contributed by atoms with E-state index in [1.54, 1.807) is 29.2 Å². The summed E-state index contributed by atoms with van der Waals surface area (Å²) in [7, 11) is 0. The molecule has 1 N–H and O–H groups in total. The number of rotatable bonds is 6. The van der Waals surface area contributed by atoms with E-state index in [0.717, 1.165) is 24.8 Å². The number of hydrogen-bond donors (Lipinski definition) is 1. The Morgan fingerprint density at radius 1 is 0.964 bits per heavy atom. The van der Waals surface area contributed by atoms with Crippen LogP contribution in [0.25, 0.3) is 0 Å². The van der Waals surface area contributed by atoms with E-state index in [1.807, 2.05) is 24.3 Å². The fourth-order valence-corrected chi connectivity index (χ4v) is 3.95. The van der Waals surface area contributed by atoms with Gasteiger partial charge in [0.1, 0.15) is 12.7 Å². The van der Waals surface area contributed by atoms with Gasteiger partial charge in [0.05, 0.1) is 11.3 Å². The molecule has 6 heteroatoms. The minimum atomic E-state index is -0.590. The van der Waals surface area contributed by atoms with Gasteiger partial charge in [-0.25, -0.2) is 0 Å². The summed E-state index contributed by atoms with van der Waals surface area (Å²) in [6.07, 6.45) is 2.45. The maximum Gasteiger partial charge on any atom is 0.260 e. The molecule has 0 bridgehead atoms. The minimum Gasteiger partial charge on any atom is -0.355 e. The molecule has 2 heterocycles. The van der Waals surface area contributed by atoms with E-state index in [2.05, 4.69) is 12.2 Å². The predicted molar refractivity (Wildman–Crippen MR) is 106 cm³/mol. The molecule has 144 valence electrons. The highest BCUT2D eigenvalue weighted by atomic mass is 16.2. The summed E-state index contributed by atoms with van der Waals surface area (Å²) >= 11 is 0. The van der Waals surface area contributed by atoms with Crippen LogP contribution in [0.4, 0.5) is 5.69 Å². The van der Waals surface area contributed by atoms with Crippen LogP contribution in [-0.2, 0) is 4.79 Å². The molecule has 2 aliphatic rings. The second-order valence-electron chi connectivity index (χ2n) is 7.14. The Labute approximate surface area is 164 Å². The monoisotopic (exact) mass is 377 g/mol. The number of nitrogens with zero attached hydrogens (tertiary/aromatic N) is 2. The van der Waals surface area contributed by atoms with Crippen LogP contribution in [0.5, 0.6) is 0 Å². The molecule has 0 aliphatic carbocycles. The van der Waals surface area contributed by atoms with E-state index in [0.29, 0.717) is 23.4 Å². The van der Waals surface area contributed by atoms with Crippen LogP contribution < -0.4 is 10.2 Å². The third-order valence-electron chi connectivity index (χ3n) is 5.30. The molecular formula is C22H23N3O3. The van der Waals surface area contributed by atoms with Crippen LogP contribution in [0, 0.1) is 0 Å². The van der Waals surface area contributed by atoms with Crippen molar-refractivity contribution in [2.45, 2.75) is 32.4 Å². The van der Waals surface area contributed by atoms with Gasteiger partial charge in [-0.3, -0.25) is 19.3 Å². The maximum absolute atomic E-state index is 13.2. The molecule has 0 radical (unpaired) electrons. The molecule has 6 nitrogen and oxygen atoms in total. The number of fused-ring (bicyclic) bond motifs is 5. The van der Waals surface area contributed by atoms with Crippen molar-refractivity contribution >= 4 is 23.4 Å². The van der Waals surface area contributed by atoms with Gasteiger partial charge in [-0.15, -0.1) is 0 Å². The smallest absolute Gasteiger partial charge is 0.260 e. The first-order valence-corrected chi connectivity index (χ1v) is 9.72. The number of benzene rings is 2. The Balaban J connectivity index is 1.67. The first-order chi connectivity index (χ1) is 13.6. The minimum absolute atomic E-state index is 0.0813. The number of anilines is 1. The first-order valence-electron chi connectivity index (χ1n) is 9.72. The van der Waals surface area contributed by atoms with Gasteiger partial charge in [0.2, 0.25) is 5.91 Å². The van der Waals surface area contributed by atoms with Crippen LogP contribution in [0.1, 0.15) is 58.6 Å². The van der Waals surface area contributed by atoms with Gasteiger partial charge >= 0.3 is 0 Å². The lowest BCUT2D eigenvalue weighted by molar-refractivity contribution is -0.122. The second kappa shape index (κ2) is 7.46. The van der Waals surface area contributed by atoms with E-state index in [4.69, 9.17) is 0 Å². The quantitative estimate of drug-likeness (QED) is 0.787. The highest BCUT2D eigenvalue weighted by Crippen LogP contribution is 2.44. The Morgan fingerprint density at radius 3 is 2.46 bits per heavy atom. The van der Waals surface area contributed by atoms with Gasteiger partial charge in [-0.2, -0.15) is 0 Å². The van der Waals surface area contributed by atoms with E-state index in [-0.39, 0.29) is 24.3 Å². The normalized spacial score (nSPS) is 17.2. The van der Waals surface area contributed by atoms with E-state index < -0.39 is 6.17 Å². The van der Waals surface area contributed by atoms with Crippen molar-refractivity contribution in [2.75, 3.05) is 18.0 Å². The number of hydrogen-bond acceptors (Lipinski definition) is 3. The van der Waals surface area contributed by atoms with Gasteiger partial charge in [0.15, 0.2) is 0 Å². The Morgan fingerprint density at radius 2 is 1.68 bits per heavy atom. The fraction of sp³-hybridized carbons (Fsp3) is 0.318. The van der Waals surface area contributed by atoms with Crippen molar-refractivity contribution in [3.05, 3.63) is 65.2 Å². The van der Waals surface area contributed by atoms with Crippen molar-refractivity contribution < 1.29 is 14.4 Å². The molecule has 0 aromatic heterocycles. The molecule has 0 saturated carbocycles. The third-order valence-corrected chi connectivity index (χ3v) is 5.30. The average molecular weight is 377 g/mol. The first kappa shape index (κ1) is 18.2. The average Bonchev–Trinajstić information content (AvgIpc) is 3.01. The summed E-state index contributed by atoms with van der Waals surface area (Å²) in [6, 6.07) is 14.4. The van der Waals surface area contributed by atoms with Crippen molar-refractivity contribution in [1.29, 1.82) is 0 Å². The molecule has 3 amide bonds. The zero-order chi connectivity index (χ0) is 19.7. The summed E-state index contributed by atoms with van der Waals surface area (Å²) in [6.45, 7) is 2.62. The topological polar surface area (TPSA) is 69.7 Å². The number of amides is 3. The number of carbonyl (C=O) groups is 3. The molecule has 2 aromatic carbocycles. The van der Waals surface area contributed by atoms with Gasteiger partial charge in [-0.1, -0.05) is 50.1 Å². The van der Waals surface area contributed by atoms with Gasteiger partial charge in [0.25, 0.3) is 11.8 Å². The lowest BCUT2D eigenvalue weighted by atomic mass is 10.0. The maximum atomic E-state index is 13.2. The van der Waals surface area contributed by atoms with Crippen molar-refractivity contribution in [3.8, 4) is 0 Å². The van der Waals surface area contributed by atoms with E-state index in [9.17, 15) is 14.4 Å². The summed E-state index contributed by atoms with van der Waals surface area (Å²) < 4.78 is 0. The Kier molecular flexibility index (Phi) is 4.86. The van der Waals surface area contributed by atoms with Crippen LogP contribution in [0.3, 0.4) is 0 Å². The molecule has 2 aromatic rings. The van der Waals surface area contributed by atoms with Crippen LogP contribution in [0.15, 0.2) is 48.5 Å². The van der Waals surface area contributed by atoms with Gasteiger partial charge in [-0.05, 0) is 24.6 Å². The zero-order valence-electron chi connectivity index (χ0n) is 15.9. The summed E-state index contributed by atoms with van der Waals surface area (Å²) in [4.78, 5) is 41.9. The van der Waals surface area contributed by atoms with E-state index in [1.165, 1.54) is 4.90 Å². The summed E-state index contributed by atoms with van der Waals surface area (Å²) in [5.41, 5.74) is 2.37. The molecule has 0 fully saturated rings. The SMILES string of the molecule is CCCCCNC(=O)CN1C(=O)c2ccccc2N2C(=O)c3ccccc3C12. The highest BCUT2D eigenvalue weighted by molar-refractivity contribution is 6.17. The largest absolute Gasteiger partial charge is 0.355 e. The highest BCUT2D eigenvalue weighted by Gasteiger charge is 2.47. The number of carbonyl (C=O) groups excluding carboxylic acids is 3. The molecule has 28 heavy (non-hydrogen) atoms. The second-order valence-corrected chi connectivity index (χ2v) is 7.14.